The molecule has 55 heavy (non-hydrogen) atoms. The van der Waals surface area contributed by atoms with E-state index in [1.54, 1.807) is 11.3 Å². The highest BCUT2D eigenvalue weighted by Crippen LogP contribution is 2.44. The molecule has 0 saturated carbocycles. The van der Waals surface area contributed by atoms with Crippen LogP contribution >= 0.6 is 11.3 Å². The summed E-state index contributed by atoms with van der Waals surface area (Å²) < 4.78 is 20.0. The summed E-state index contributed by atoms with van der Waals surface area (Å²) in [5.74, 6) is -0.232. The second-order valence-electron chi connectivity index (χ2n) is 21.2. The maximum atomic E-state index is 14.9. The lowest BCUT2D eigenvalue weighted by Gasteiger charge is -2.46. The monoisotopic (exact) mass is 834 g/mol. The van der Waals surface area contributed by atoms with Gasteiger partial charge in [0.05, 0.1) is 35.9 Å². The summed E-state index contributed by atoms with van der Waals surface area (Å²) in [6.45, 7) is 46.3. The molecule has 0 aromatic carbocycles. The average molecular weight is 834 g/mol. The van der Waals surface area contributed by atoms with Crippen molar-refractivity contribution < 1.29 is 23.2 Å². The summed E-state index contributed by atoms with van der Waals surface area (Å²) >= 11 is 1.69. The SMILES string of the molecule is C/C(=C\C[C@H](C)/C(C)=C/c1csc(C)n1)C/C=C/[C@H](C)[C@@H](O[Si](C)(C)C(C)(C)C)[C@@H](C)C(=O)C(C)(C)[C@@H](CC(=O)OCC[Si](C)(C)C)O[Si](C)(C)C(C)(C)C. The van der Waals surface area contributed by atoms with Gasteiger partial charge in [0.1, 0.15) is 5.78 Å². The number of rotatable bonds is 21. The van der Waals surface area contributed by atoms with Crippen molar-refractivity contribution in [1.29, 1.82) is 0 Å². The van der Waals surface area contributed by atoms with Gasteiger partial charge in [-0.05, 0) is 93.8 Å². The van der Waals surface area contributed by atoms with Crippen LogP contribution in [0.5, 0.6) is 0 Å². The standard InChI is InChI=1S/C45H83NO5SSi3/c1-32(25-26-33(2)35(4)29-38-31-52-37(6)46-38)23-22-24-34(3)41(51-55(20,21)44(10,11)12)36(5)42(48)45(13,14)39(50-54(18,19)43(7,8)9)30-40(47)49-27-28-53(15,16)17/h22,24-25,29,31,33-34,36,39,41H,23,26-28,30H2,1-21H3/b24-22+,32-25+,35-29+/t33-,34-,36+,39+,41+/m0/s1. The Bertz CT molecular complexity index is 1490. The van der Waals surface area contributed by atoms with Gasteiger partial charge in [0, 0.05) is 24.8 Å². The van der Waals surface area contributed by atoms with Crippen LogP contribution < -0.4 is 0 Å². The van der Waals surface area contributed by atoms with E-state index < -0.39 is 42.1 Å². The Kier molecular flexibility index (Phi) is 19.2. The van der Waals surface area contributed by atoms with Gasteiger partial charge in [-0.2, -0.15) is 0 Å². The Morgan fingerprint density at radius 2 is 1.42 bits per heavy atom. The quantitative estimate of drug-likeness (QED) is 0.0698. The Labute approximate surface area is 346 Å². The summed E-state index contributed by atoms with van der Waals surface area (Å²) in [4.78, 5) is 32.9. The predicted molar refractivity (Wildman–Crippen MR) is 247 cm³/mol. The maximum Gasteiger partial charge on any atom is 0.308 e. The molecule has 0 aliphatic heterocycles. The number of esters is 1. The van der Waals surface area contributed by atoms with Gasteiger partial charge in [-0.15, -0.1) is 11.3 Å². The van der Waals surface area contributed by atoms with Crippen molar-refractivity contribution in [1.82, 2.24) is 4.98 Å². The number of hydrogen-bond acceptors (Lipinski definition) is 7. The Hall–Kier alpha value is -1.44. The van der Waals surface area contributed by atoms with E-state index in [-0.39, 0.29) is 40.3 Å². The lowest BCUT2D eigenvalue weighted by atomic mass is 9.73. The molecule has 1 aromatic rings. The Morgan fingerprint density at radius 1 is 0.873 bits per heavy atom. The number of ether oxygens (including phenoxy) is 1. The molecule has 0 radical (unpaired) electrons. The van der Waals surface area contributed by atoms with E-state index in [0.717, 1.165) is 29.6 Å². The second kappa shape index (κ2) is 20.5. The molecule has 1 rings (SSSR count). The molecule has 0 bridgehead atoms. The van der Waals surface area contributed by atoms with E-state index in [4.69, 9.17) is 13.6 Å². The highest BCUT2D eigenvalue weighted by Gasteiger charge is 2.50. The zero-order chi connectivity index (χ0) is 43.0. The summed E-state index contributed by atoms with van der Waals surface area (Å²) in [5.41, 5.74) is 2.75. The minimum Gasteiger partial charge on any atom is -0.466 e. The van der Waals surface area contributed by atoms with Crippen LogP contribution in [0.2, 0.25) is 61.9 Å². The molecule has 0 unspecified atom stereocenters. The van der Waals surface area contributed by atoms with Crippen molar-refractivity contribution in [3.63, 3.8) is 0 Å². The third-order valence-corrected chi connectivity index (χ3v) is 23.8. The van der Waals surface area contributed by atoms with Crippen LogP contribution in [0.3, 0.4) is 0 Å². The molecule has 0 spiro atoms. The topological polar surface area (TPSA) is 74.7 Å². The van der Waals surface area contributed by atoms with E-state index >= 15 is 0 Å². The zero-order valence-electron chi connectivity index (χ0n) is 39.2. The molecule has 1 aromatic heterocycles. The summed E-state index contributed by atoms with van der Waals surface area (Å²) in [5, 5.41) is 3.09. The van der Waals surface area contributed by atoms with Gasteiger partial charge in [0.25, 0.3) is 0 Å². The number of carbonyl (C=O) groups excluding carboxylic acids is 2. The smallest absolute Gasteiger partial charge is 0.308 e. The molecule has 0 fully saturated rings. The number of Topliss-reactive ketones (excluding diaryl/α,β-unsaturated/α-hetero) is 1. The van der Waals surface area contributed by atoms with Crippen LogP contribution in [0, 0.1) is 30.1 Å². The van der Waals surface area contributed by atoms with Crippen molar-refractivity contribution in [3.8, 4) is 0 Å². The van der Waals surface area contributed by atoms with Crippen LogP contribution in [0.4, 0.5) is 0 Å². The second-order valence-corrected chi connectivity index (χ2v) is 37.4. The van der Waals surface area contributed by atoms with Crippen LogP contribution in [0.15, 0.2) is 34.8 Å². The highest BCUT2D eigenvalue weighted by molar-refractivity contribution is 7.09. The molecular weight excluding hydrogens is 751 g/mol. The summed E-state index contributed by atoms with van der Waals surface area (Å²) in [6.07, 6.45) is 9.96. The molecule has 0 amide bonds. The number of hydrogen-bond donors (Lipinski definition) is 0. The molecule has 0 saturated heterocycles. The fraction of sp³-hybridized carbons (Fsp3) is 0.756. The minimum absolute atomic E-state index is 0.00589. The summed E-state index contributed by atoms with van der Waals surface area (Å²) in [6, 6.07) is 0.906. The van der Waals surface area contributed by atoms with Crippen molar-refractivity contribution in [2.24, 2.45) is 23.2 Å². The van der Waals surface area contributed by atoms with E-state index in [1.807, 2.05) is 27.7 Å². The van der Waals surface area contributed by atoms with Gasteiger partial charge in [-0.25, -0.2) is 4.98 Å². The van der Waals surface area contributed by atoms with E-state index in [0.29, 0.717) is 12.5 Å². The van der Waals surface area contributed by atoms with Gasteiger partial charge in [0.2, 0.25) is 0 Å². The molecule has 6 nitrogen and oxygen atoms in total. The predicted octanol–water partition coefficient (Wildman–Crippen LogP) is 13.7. The van der Waals surface area contributed by atoms with Crippen LogP contribution in [-0.2, 0) is 23.2 Å². The Balaban J connectivity index is 3.39. The molecule has 5 atom stereocenters. The highest BCUT2D eigenvalue weighted by atomic mass is 32.1. The number of nitrogens with zero attached hydrogens (tertiary/aromatic N) is 1. The maximum absolute atomic E-state index is 14.9. The third kappa shape index (κ3) is 16.8. The number of thiazole rings is 1. The van der Waals surface area contributed by atoms with Gasteiger partial charge in [-0.1, -0.05) is 125 Å². The van der Waals surface area contributed by atoms with Crippen LogP contribution in [-0.4, -0.2) is 60.3 Å². The number of carbonyl (C=O) groups is 2. The number of aromatic nitrogens is 1. The molecule has 1 heterocycles. The first kappa shape index (κ1) is 51.6. The average Bonchev–Trinajstić information content (AvgIpc) is 3.43. The molecular formula is C45H83NO5SSi3. The third-order valence-electron chi connectivity index (χ3n) is 12.3. The van der Waals surface area contributed by atoms with Gasteiger partial charge in [-0.3, -0.25) is 9.59 Å². The molecule has 10 heteroatoms. The molecule has 0 N–H and O–H groups in total. The molecule has 316 valence electrons. The van der Waals surface area contributed by atoms with E-state index in [2.05, 4.69) is 150 Å². The number of ketones is 1. The van der Waals surface area contributed by atoms with Gasteiger partial charge in [0.15, 0.2) is 16.6 Å². The normalized spacial score (nSPS) is 17.3. The van der Waals surface area contributed by atoms with Crippen molar-refractivity contribution in [3.05, 3.63) is 45.5 Å². The van der Waals surface area contributed by atoms with Gasteiger partial charge >= 0.3 is 5.97 Å². The fourth-order valence-corrected chi connectivity index (χ4v) is 9.96. The van der Waals surface area contributed by atoms with Crippen molar-refractivity contribution >= 4 is 53.9 Å². The number of aryl methyl sites for hydroxylation is 1. The van der Waals surface area contributed by atoms with E-state index in [1.165, 1.54) is 11.1 Å². The minimum atomic E-state index is -2.36. The lowest BCUT2D eigenvalue weighted by Crippen LogP contribution is -2.54. The zero-order valence-corrected chi connectivity index (χ0v) is 43.0. The Morgan fingerprint density at radius 3 is 1.91 bits per heavy atom. The largest absolute Gasteiger partial charge is 0.466 e. The van der Waals surface area contributed by atoms with Crippen LogP contribution in [0.25, 0.3) is 6.08 Å². The summed E-state index contributed by atoms with van der Waals surface area (Å²) in [7, 11) is -6.01. The molecule has 0 aliphatic rings. The van der Waals surface area contributed by atoms with Crippen LogP contribution in [0.1, 0.15) is 120 Å². The van der Waals surface area contributed by atoms with Crippen molar-refractivity contribution in [2.75, 3.05) is 6.61 Å². The molecule has 0 aliphatic carbocycles. The fourth-order valence-electron chi connectivity index (χ4n) is 5.78. The lowest BCUT2D eigenvalue weighted by molar-refractivity contribution is -0.150. The van der Waals surface area contributed by atoms with E-state index in [9.17, 15) is 9.59 Å². The van der Waals surface area contributed by atoms with Gasteiger partial charge < -0.3 is 13.6 Å². The van der Waals surface area contributed by atoms with Crippen molar-refractivity contribution in [2.45, 2.75) is 190 Å². The number of allylic oxidation sites excluding steroid dienone is 4. The first-order chi connectivity index (χ1) is 24.7. The first-order valence-electron chi connectivity index (χ1n) is 20.7. The first-order valence-corrected chi connectivity index (χ1v) is 31.1.